The molecule has 3 aromatic rings. The molecule has 0 spiro atoms. The highest BCUT2D eigenvalue weighted by molar-refractivity contribution is 5.93. The number of hydrogen-bond acceptors (Lipinski definition) is 8. The Morgan fingerprint density at radius 2 is 1.90 bits per heavy atom. The number of urea groups is 1. The molecule has 1 saturated heterocycles. The van der Waals surface area contributed by atoms with Gasteiger partial charge in [-0.1, -0.05) is 5.16 Å². The lowest BCUT2D eigenvalue weighted by atomic mass is 10.1. The van der Waals surface area contributed by atoms with E-state index in [0.717, 1.165) is 31.6 Å². The van der Waals surface area contributed by atoms with Crippen LogP contribution in [0.5, 0.6) is 0 Å². The summed E-state index contributed by atoms with van der Waals surface area (Å²) in [4.78, 5) is 37.4. The molecule has 2 aliphatic rings. The summed E-state index contributed by atoms with van der Waals surface area (Å²) in [7, 11) is 0. The number of H-pyrrole nitrogens is 1. The molecule has 4 heterocycles. The van der Waals surface area contributed by atoms with Crippen LogP contribution in [0, 0.1) is 0 Å². The van der Waals surface area contributed by atoms with E-state index >= 15 is 0 Å². The molecular formula is C23H24F6N8O4. The number of aromatic amines is 1. The van der Waals surface area contributed by atoms with E-state index in [1.54, 1.807) is 0 Å². The molecule has 222 valence electrons. The van der Waals surface area contributed by atoms with Crippen molar-refractivity contribution < 1.29 is 45.3 Å². The Kier molecular flexibility index (Phi) is 7.07. The van der Waals surface area contributed by atoms with Crippen molar-refractivity contribution in [2.45, 2.75) is 69.2 Å². The molecular weight excluding hydrogens is 566 g/mol. The van der Waals surface area contributed by atoms with Crippen LogP contribution in [0.4, 0.5) is 31.1 Å². The van der Waals surface area contributed by atoms with E-state index in [9.17, 15) is 35.9 Å². The molecule has 3 N–H and O–H groups in total. The second-order valence-corrected chi connectivity index (χ2v) is 10.3. The van der Waals surface area contributed by atoms with Crippen LogP contribution in [0.1, 0.15) is 66.3 Å². The Bertz CT molecular complexity index is 1450. The molecule has 1 aliphatic heterocycles. The standard InChI is InChI=1S/C23H24F6N8O4/c1-21(2,23(27,28)29)40-9-13(32-19(38)16-15(10-3-4-10)35-41-36-16)18-31-12-6-5-11(30-17(12)34-18)7-37-8-14(22(24,25)26)33-20(37)39/h5-6,10,13-14H,3-4,7-9H2,1-2H3,(H,32,38)(H,33,39)(H,30,31,34)/t13-,14-/m0/s1. The maximum Gasteiger partial charge on any atom is 0.416 e. The quantitative estimate of drug-likeness (QED) is 0.321. The first-order chi connectivity index (χ1) is 19.1. The molecule has 5 rings (SSSR count). The first kappa shape index (κ1) is 28.6. The number of pyridine rings is 1. The van der Waals surface area contributed by atoms with Crippen LogP contribution >= 0.6 is 0 Å². The first-order valence-electron chi connectivity index (χ1n) is 12.4. The Morgan fingerprint density at radius 1 is 1.17 bits per heavy atom. The minimum absolute atomic E-state index is 0.00113. The number of alkyl halides is 6. The van der Waals surface area contributed by atoms with Gasteiger partial charge < -0.3 is 25.3 Å². The number of rotatable bonds is 9. The fourth-order valence-electron chi connectivity index (χ4n) is 4.08. The van der Waals surface area contributed by atoms with Gasteiger partial charge in [0.05, 0.1) is 30.9 Å². The number of amides is 3. The first-order valence-corrected chi connectivity index (χ1v) is 12.4. The second-order valence-electron chi connectivity index (χ2n) is 10.3. The van der Waals surface area contributed by atoms with Gasteiger partial charge in [0.15, 0.2) is 16.9 Å². The molecule has 3 aromatic heterocycles. The van der Waals surface area contributed by atoms with Gasteiger partial charge in [-0.3, -0.25) is 4.79 Å². The largest absolute Gasteiger partial charge is 0.416 e. The lowest BCUT2D eigenvalue weighted by Gasteiger charge is -2.29. The predicted octanol–water partition coefficient (Wildman–Crippen LogP) is 3.50. The summed E-state index contributed by atoms with van der Waals surface area (Å²) in [5.74, 6) is -0.768. The van der Waals surface area contributed by atoms with Crippen molar-refractivity contribution in [1.29, 1.82) is 0 Å². The van der Waals surface area contributed by atoms with E-state index in [1.807, 2.05) is 5.32 Å². The van der Waals surface area contributed by atoms with Crippen molar-refractivity contribution >= 4 is 23.1 Å². The molecule has 41 heavy (non-hydrogen) atoms. The maximum atomic E-state index is 13.4. The van der Waals surface area contributed by atoms with Gasteiger partial charge in [0, 0.05) is 5.92 Å². The van der Waals surface area contributed by atoms with Crippen LogP contribution < -0.4 is 10.6 Å². The van der Waals surface area contributed by atoms with Gasteiger partial charge in [0.1, 0.15) is 23.6 Å². The average molecular weight is 590 g/mol. The Hall–Kier alpha value is -3.96. The van der Waals surface area contributed by atoms with Crippen LogP contribution in [0.2, 0.25) is 0 Å². The van der Waals surface area contributed by atoms with Gasteiger partial charge in [0.25, 0.3) is 5.91 Å². The van der Waals surface area contributed by atoms with Crippen molar-refractivity contribution in [3.63, 3.8) is 0 Å². The molecule has 0 radical (unpaired) electrons. The topological polar surface area (TPSA) is 151 Å². The fourth-order valence-corrected chi connectivity index (χ4v) is 4.08. The monoisotopic (exact) mass is 590 g/mol. The number of nitrogens with zero attached hydrogens (tertiary/aromatic N) is 5. The van der Waals surface area contributed by atoms with Gasteiger partial charge in [-0.15, -0.1) is 0 Å². The lowest BCUT2D eigenvalue weighted by molar-refractivity contribution is -0.265. The third-order valence-electron chi connectivity index (χ3n) is 6.78. The average Bonchev–Trinajstić information content (AvgIpc) is 3.27. The summed E-state index contributed by atoms with van der Waals surface area (Å²) in [5.41, 5.74) is -1.74. The third-order valence-corrected chi connectivity index (χ3v) is 6.78. The Balaban J connectivity index is 1.37. The SMILES string of the molecule is CC(C)(OC[C@H](NC(=O)c1nonc1C1CC1)c1nc2nc(CN3C[C@@H](C(F)(F)F)NC3=O)ccc2[nH]1)C(F)(F)F. The highest BCUT2D eigenvalue weighted by atomic mass is 19.4. The Labute approximate surface area is 227 Å². The highest BCUT2D eigenvalue weighted by Gasteiger charge is 2.49. The van der Waals surface area contributed by atoms with E-state index in [1.165, 1.54) is 12.1 Å². The van der Waals surface area contributed by atoms with Crippen molar-refractivity contribution in [2.24, 2.45) is 0 Å². The maximum absolute atomic E-state index is 13.4. The number of nitrogens with one attached hydrogen (secondary N) is 3. The summed E-state index contributed by atoms with van der Waals surface area (Å²) in [5, 5.41) is 11.8. The summed E-state index contributed by atoms with van der Waals surface area (Å²) >= 11 is 0. The van der Waals surface area contributed by atoms with E-state index in [4.69, 9.17) is 9.37 Å². The van der Waals surface area contributed by atoms with Crippen molar-refractivity contribution in [1.82, 2.24) is 40.8 Å². The summed E-state index contributed by atoms with van der Waals surface area (Å²) in [6, 6.07) is -1.20. The zero-order valence-electron chi connectivity index (χ0n) is 21.6. The highest BCUT2D eigenvalue weighted by Crippen LogP contribution is 2.40. The van der Waals surface area contributed by atoms with E-state index in [0.29, 0.717) is 11.2 Å². The molecule has 18 heteroatoms. The zero-order valence-corrected chi connectivity index (χ0v) is 21.6. The van der Waals surface area contributed by atoms with E-state index in [-0.39, 0.29) is 35.3 Å². The van der Waals surface area contributed by atoms with Gasteiger partial charge in [-0.05, 0) is 44.0 Å². The molecule has 0 aromatic carbocycles. The molecule has 1 saturated carbocycles. The number of aromatic nitrogens is 5. The van der Waals surface area contributed by atoms with E-state index in [2.05, 4.69) is 30.6 Å². The number of fused-ring (bicyclic) bond motifs is 1. The van der Waals surface area contributed by atoms with Crippen molar-refractivity contribution in [3.8, 4) is 0 Å². The van der Waals surface area contributed by atoms with Crippen LogP contribution in [0.15, 0.2) is 16.8 Å². The fraction of sp³-hybridized carbons (Fsp3) is 0.565. The number of carbonyl (C=O) groups is 2. The molecule has 0 unspecified atom stereocenters. The minimum Gasteiger partial charge on any atom is -0.364 e. The lowest BCUT2D eigenvalue weighted by Crippen LogP contribution is -2.44. The van der Waals surface area contributed by atoms with Crippen LogP contribution in [-0.4, -0.2) is 79.3 Å². The molecule has 12 nitrogen and oxygen atoms in total. The molecule has 0 bridgehead atoms. The summed E-state index contributed by atoms with van der Waals surface area (Å²) < 4.78 is 89.2. The number of imidazole rings is 1. The normalized spacial score (nSPS) is 19.1. The second kappa shape index (κ2) is 10.1. The number of hydrogen-bond donors (Lipinski definition) is 3. The molecule has 2 fully saturated rings. The molecule has 3 amide bonds. The van der Waals surface area contributed by atoms with Gasteiger partial charge in [0.2, 0.25) is 0 Å². The minimum atomic E-state index is -4.71. The van der Waals surface area contributed by atoms with Crippen molar-refractivity contribution in [3.05, 3.63) is 35.0 Å². The predicted molar refractivity (Wildman–Crippen MR) is 125 cm³/mol. The molecule has 2 atom stereocenters. The van der Waals surface area contributed by atoms with Crippen LogP contribution in [0.3, 0.4) is 0 Å². The molecule has 1 aliphatic carbocycles. The van der Waals surface area contributed by atoms with E-state index < -0.39 is 55.1 Å². The number of carbonyl (C=O) groups excluding carboxylic acids is 2. The van der Waals surface area contributed by atoms with Gasteiger partial charge >= 0.3 is 18.4 Å². The third kappa shape index (κ3) is 6.06. The van der Waals surface area contributed by atoms with Crippen molar-refractivity contribution in [2.75, 3.05) is 13.2 Å². The van der Waals surface area contributed by atoms with Gasteiger partial charge in [-0.25, -0.2) is 19.4 Å². The number of ether oxygens (including phenoxy) is 1. The van der Waals surface area contributed by atoms with Crippen LogP contribution in [-0.2, 0) is 11.3 Å². The Morgan fingerprint density at radius 3 is 2.54 bits per heavy atom. The number of halogens is 6. The zero-order chi connectivity index (χ0) is 29.7. The van der Waals surface area contributed by atoms with Crippen LogP contribution in [0.25, 0.3) is 11.2 Å². The summed E-state index contributed by atoms with van der Waals surface area (Å²) in [6.07, 6.45) is -7.75. The van der Waals surface area contributed by atoms with Gasteiger partial charge in [-0.2, -0.15) is 26.3 Å². The summed E-state index contributed by atoms with van der Waals surface area (Å²) in [6.45, 7) is 0.171. The smallest absolute Gasteiger partial charge is 0.364 e.